The minimum Gasteiger partial charge on any atom is -0.490 e. The highest BCUT2D eigenvalue weighted by Crippen LogP contribution is 2.28. The Morgan fingerprint density at radius 2 is 2.07 bits per heavy atom. The van der Waals surface area contributed by atoms with E-state index in [-0.39, 0.29) is 17.5 Å². The quantitative estimate of drug-likeness (QED) is 0.520. The summed E-state index contributed by atoms with van der Waals surface area (Å²) in [7, 11) is 1.64. The number of fused-ring (bicyclic) bond motifs is 1. The van der Waals surface area contributed by atoms with Gasteiger partial charge in [-0.15, -0.1) is 0 Å². The molecule has 0 atom stereocenters. The van der Waals surface area contributed by atoms with Gasteiger partial charge in [-0.3, -0.25) is 9.48 Å². The Balaban J connectivity index is 1.91. The van der Waals surface area contributed by atoms with E-state index in [0.29, 0.717) is 24.4 Å². The van der Waals surface area contributed by atoms with Crippen LogP contribution in [0.4, 0.5) is 14.6 Å². The lowest BCUT2D eigenvalue weighted by atomic mass is 10.1. The molecule has 160 valence electrons. The summed E-state index contributed by atoms with van der Waals surface area (Å²) in [4.78, 5) is 16.7. The molecule has 0 aliphatic carbocycles. The summed E-state index contributed by atoms with van der Waals surface area (Å²) in [5.74, 6) is -0.0931. The summed E-state index contributed by atoms with van der Waals surface area (Å²) >= 11 is 0. The Bertz CT molecular complexity index is 1020. The van der Waals surface area contributed by atoms with Crippen LogP contribution in [-0.4, -0.2) is 40.5 Å². The second-order valence-corrected chi connectivity index (χ2v) is 7.01. The maximum Gasteiger partial charge on any atom is 0.280 e. The Morgan fingerprint density at radius 3 is 2.77 bits per heavy atom. The summed E-state index contributed by atoms with van der Waals surface area (Å²) in [5.41, 5.74) is 0.563. The minimum atomic E-state index is -2.72. The number of halogens is 2. The summed E-state index contributed by atoms with van der Waals surface area (Å²) in [6, 6.07) is 7.47. The van der Waals surface area contributed by atoms with Crippen molar-refractivity contribution in [2.45, 2.75) is 39.3 Å². The van der Waals surface area contributed by atoms with Crippen molar-refractivity contribution in [1.29, 1.82) is 0 Å². The number of anilines is 1. The van der Waals surface area contributed by atoms with Crippen LogP contribution in [0.3, 0.4) is 0 Å². The van der Waals surface area contributed by atoms with Crippen LogP contribution in [0.1, 0.15) is 42.7 Å². The molecule has 2 heterocycles. The molecule has 0 saturated carbocycles. The largest absolute Gasteiger partial charge is 0.490 e. The van der Waals surface area contributed by atoms with E-state index >= 15 is 0 Å². The number of ether oxygens (including phenoxy) is 2. The molecular weight excluding hydrogens is 394 g/mol. The number of hydrogen-bond acceptors (Lipinski definition) is 5. The summed E-state index contributed by atoms with van der Waals surface area (Å²) < 4.78 is 38.4. The number of aryl methyl sites for hydroxylation is 1. The predicted molar refractivity (Wildman–Crippen MR) is 109 cm³/mol. The van der Waals surface area contributed by atoms with E-state index in [1.807, 2.05) is 20.0 Å². The van der Waals surface area contributed by atoms with Crippen molar-refractivity contribution in [3.05, 3.63) is 47.8 Å². The van der Waals surface area contributed by atoms with Crippen LogP contribution >= 0.6 is 0 Å². The van der Waals surface area contributed by atoms with Gasteiger partial charge in [-0.25, -0.2) is 13.8 Å². The zero-order valence-corrected chi connectivity index (χ0v) is 17.1. The van der Waals surface area contributed by atoms with Gasteiger partial charge < -0.3 is 14.8 Å². The Morgan fingerprint density at radius 1 is 1.27 bits per heavy atom. The van der Waals surface area contributed by atoms with Gasteiger partial charge >= 0.3 is 0 Å². The van der Waals surface area contributed by atoms with Crippen LogP contribution in [0.25, 0.3) is 10.9 Å². The normalized spacial score (nSPS) is 11.4. The lowest BCUT2D eigenvalue weighted by molar-refractivity contribution is 0.102. The molecule has 2 aromatic heterocycles. The van der Waals surface area contributed by atoms with Gasteiger partial charge in [0.2, 0.25) is 0 Å². The van der Waals surface area contributed by atoms with Crippen LogP contribution in [-0.2, 0) is 11.3 Å². The maximum absolute atomic E-state index is 12.9. The van der Waals surface area contributed by atoms with Crippen molar-refractivity contribution in [2.75, 3.05) is 19.0 Å². The molecule has 0 radical (unpaired) electrons. The molecule has 0 bridgehead atoms. The van der Waals surface area contributed by atoms with Gasteiger partial charge in [0.05, 0.1) is 17.2 Å². The van der Waals surface area contributed by atoms with E-state index in [1.165, 1.54) is 18.2 Å². The molecule has 3 aromatic rings. The number of carbonyl (C=O) groups excluding carboxylic acids is 1. The average molecular weight is 418 g/mol. The highest BCUT2D eigenvalue weighted by molar-refractivity contribution is 6.08. The number of benzene rings is 1. The third-order valence-electron chi connectivity index (χ3n) is 4.23. The number of hydrogen-bond donors (Lipinski definition) is 1. The molecule has 7 nitrogen and oxygen atoms in total. The van der Waals surface area contributed by atoms with Gasteiger partial charge in [-0.05, 0) is 38.5 Å². The molecule has 1 aromatic carbocycles. The highest BCUT2D eigenvalue weighted by Gasteiger charge is 2.18. The molecule has 0 aliphatic heterocycles. The van der Waals surface area contributed by atoms with Crippen molar-refractivity contribution in [3.8, 4) is 5.75 Å². The number of alkyl halides is 2. The van der Waals surface area contributed by atoms with E-state index in [0.717, 1.165) is 11.8 Å². The van der Waals surface area contributed by atoms with Gasteiger partial charge in [0.15, 0.2) is 0 Å². The molecular formula is C21H24F2N4O3. The van der Waals surface area contributed by atoms with Crippen LogP contribution < -0.4 is 10.1 Å². The number of pyridine rings is 1. The highest BCUT2D eigenvalue weighted by atomic mass is 19.3. The van der Waals surface area contributed by atoms with Crippen molar-refractivity contribution >= 4 is 22.6 Å². The summed E-state index contributed by atoms with van der Waals surface area (Å²) in [6.45, 7) is 5.00. The second kappa shape index (κ2) is 9.62. The topological polar surface area (TPSA) is 78.3 Å². The van der Waals surface area contributed by atoms with Crippen molar-refractivity contribution in [1.82, 2.24) is 14.8 Å². The smallest absolute Gasteiger partial charge is 0.280 e. The van der Waals surface area contributed by atoms with Gasteiger partial charge in [0.1, 0.15) is 17.3 Å². The third-order valence-corrected chi connectivity index (χ3v) is 4.23. The van der Waals surface area contributed by atoms with E-state index in [2.05, 4.69) is 15.4 Å². The van der Waals surface area contributed by atoms with Gasteiger partial charge in [0.25, 0.3) is 12.3 Å². The van der Waals surface area contributed by atoms with Crippen LogP contribution in [0, 0.1) is 0 Å². The van der Waals surface area contributed by atoms with Gasteiger partial charge in [0, 0.05) is 37.9 Å². The lowest BCUT2D eigenvalue weighted by Gasteiger charge is -2.14. The molecule has 1 N–H and O–H groups in total. The second-order valence-electron chi connectivity index (χ2n) is 7.01. The van der Waals surface area contributed by atoms with Crippen LogP contribution in [0.5, 0.6) is 5.75 Å². The van der Waals surface area contributed by atoms with E-state index < -0.39 is 18.0 Å². The molecule has 9 heteroatoms. The van der Waals surface area contributed by atoms with E-state index in [4.69, 9.17) is 9.47 Å². The Kier molecular flexibility index (Phi) is 6.94. The van der Waals surface area contributed by atoms with Crippen molar-refractivity contribution < 1.29 is 23.0 Å². The van der Waals surface area contributed by atoms with Crippen molar-refractivity contribution in [3.63, 3.8) is 0 Å². The van der Waals surface area contributed by atoms with Crippen LogP contribution in [0.15, 0.2) is 36.5 Å². The molecule has 3 rings (SSSR count). The first kappa shape index (κ1) is 21.6. The molecule has 0 saturated heterocycles. The molecule has 0 unspecified atom stereocenters. The first-order chi connectivity index (χ1) is 14.4. The number of methoxy groups -OCH3 is 1. The van der Waals surface area contributed by atoms with E-state index in [1.54, 1.807) is 23.9 Å². The molecule has 1 amide bonds. The maximum atomic E-state index is 12.9. The number of carbonyl (C=O) groups is 1. The number of rotatable bonds is 9. The fourth-order valence-electron chi connectivity index (χ4n) is 2.94. The number of aromatic nitrogens is 3. The molecule has 0 aliphatic rings. The van der Waals surface area contributed by atoms with Crippen LogP contribution in [0.2, 0.25) is 0 Å². The van der Waals surface area contributed by atoms with E-state index in [9.17, 15) is 13.6 Å². The number of nitrogens with one attached hydrogen (secondary N) is 1. The fraction of sp³-hybridized carbons (Fsp3) is 0.381. The molecule has 0 fully saturated rings. The minimum absolute atomic E-state index is 0.0451. The molecule has 30 heavy (non-hydrogen) atoms. The van der Waals surface area contributed by atoms with Gasteiger partial charge in [-0.1, -0.05) is 6.07 Å². The first-order valence-corrected chi connectivity index (χ1v) is 9.60. The van der Waals surface area contributed by atoms with Crippen molar-refractivity contribution in [2.24, 2.45) is 0 Å². The average Bonchev–Trinajstić information content (AvgIpc) is 3.09. The summed E-state index contributed by atoms with van der Waals surface area (Å²) in [6.07, 6.45) is -0.240. The standard InChI is InChI=1S/C21H24F2N4O3/c1-13(2)30-18-11-17-14(12-27(26-17)8-5-9-29-3)10-15(18)21(28)25-19-7-4-6-16(24-19)20(22)23/h4,6-7,10-13,20H,5,8-9H2,1-3H3,(H,24,25,28). The Hall–Kier alpha value is -3.07. The predicted octanol–water partition coefficient (Wildman–Crippen LogP) is 4.44. The number of nitrogens with zero attached hydrogens (tertiary/aromatic N) is 3. The SMILES string of the molecule is COCCCn1cc2cc(C(=O)Nc3cccc(C(F)F)n3)c(OC(C)C)cc2n1. The fourth-order valence-corrected chi connectivity index (χ4v) is 2.94. The first-order valence-electron chi connectivity index (χ1n) is 9.60. The van der Waals surface area contributed by atoms with Gasteiger partial charge in [-0.2, -0.15) is 5.10 Å². The zero-order valence-electron chi connectivity index (χ0n) is 17.1. The lowest BCUT2D eigenvalue weighted by Crippen LogP contribution is -2.16. The zero-order chi connectivity index (χ0) is 21.7. The third kappa shape index (κ3) is 5.29. The Labute approximate surface area is 173 Å². The summed E-state index contributed by atoms with van der Waals surface area (Å²) in [5, 5.41) is 7.86. The monoisotopic (exact) mass is 418 g/mol. The number of amides is 1. The molecule has 0 spiro atoms.